The predicted molar refractivity (Wildman–Crippen MR) is 143 cm³/mol. The topological polar surface area (TPSA) is 51.6 Å². The fraction of sp³-hybridized carbons (Fsp3) is 0.444. The van der Waals surface area contributed by atoms with Crippen molar-refractivity contribution < 1.29 is 4.39 Å². The van der Waals surface area contributed by atoms with Crippen LogP contribution in [0.2, 0.25) is 5.02 Å². The second kappa shape index (κ2) is 9.82. The Bertz CT molecular complexity index is 1220. The number of aromatic nitrogens is 3. The number of hydrogen-bond acceptors (Lipinski definition) is 7. The van der Waals surface area contributed by atoms with Gasteiger partial charge in [0, 0.05) is 69.2 Å². The van der Waals surface area contributed by atoms with Crippen LogP contribution in [0.3, 0.4) is 0 Å². The molecule has 0 unspecified atom stereocenters. The summed E-state index contributed by atoms with van der Waals surface area (Å²) in [4.78, 5) is 24.1. The molecule has 9 heteroatoms. The maximum absolute atomic E-state index is 13.7. The molecule has 0 spiro atoms. The lowest BCUT2D eigenvalue weighted by atomic mass is 10.1. The van der Waals surface area contributed by atoms with E-state index in [1.54, 1.807) is 18.3 Å². The second-order valence-corrected chi connectivity index (χ2v) is 10.4. The first-order chi connectivity index (χ1) is 17.5. The van der Waals surface area contributed by atoms with Crippen LogP contribution in [0.4, 0.5) is 22.0 Å². The van der Waals surface area contributed by atoms with Crippen molar-refractivity contribution in [2.45, 2.75) is 31.8 Å². The number of piperazine rings is 2. The van der Waals surface area contributed by atoms with Crippen LogP contribution in [0.25, 0.3) is 11.3 Å². The van der Waals surface area contributed by atoms with Gasteiger partial charge in [-0.2, -0.15) is 4.98 Å². The Morgan fingerprint density at radius 1 is 0.944 bits per heavy atom. The number of nitrogens with zero attached hydrogens (tertiary/aromatic N) is 7. The van der Waals surface area contributed by atoms with Crippen LogP contribution in [0.1, 0.15) is 19.8 Å². The van der Waals surface area contributed by atoms with E-state index >= 15 is 0 Å². The number of fused-ring (bicyclic) bond motifs is 1. The van der Waals surface area contributed by atoms with Crippen LogP contribution in [-0.4, -0.2) is 77.7 Å². The maximum atomic E-state index is 13.7. The first kappa shape index (κ1) is 23.4. The van der Waals surface area contributed by atoms with Gasteiger partial charge in [0.1, 0.15) is 17.5 Å². The Balaban J connectivity index is 1.31. The number of rotatable bonds is 4. The van der Waals surface area contributed by atoms with Crippen LogP contribution in [0.5, 0.6) is 0 Å². The van der Waals surface area contributed by atoms with Gasteiger partial charge >= 0.3 is 0 Å². The molecule has 5 heterocycles. The quantitative estimate of drug-likeness (QED) is 0.521. The Labute approximate surface area is 216 Å². The first-order valence-electron chi connectivity index (χ1n) is 12.8. The number of halogens is 2. The summed E-state index contributed by atoms with van der Waals surface area (Å²) < 4.78 is 13.7. The van der Waals surface area contributed by atoms with Crippen LogP contribution in [0, 0.1) is 5.82 Å². The van der Waals surface area contributed by atoms with Crippen molar-refractivity contribution in [2.75, 3.05) is 60.5 Å². The van der Waals surface area contributed by atoms with Crippen molar-refractivity contribution in [1.29, 1.82) is 0 Å². The summed E-state index contributed by atoms with van der Waals surface area (Å²) in [5.41, 5.74) is 1.72. The third-order valence-electron chi connectivity index (χ3n) is 7.67. The fourth-order valence-electron chi connectivity index (χ4n) is 5.75. The zero-order valence-electron chi connectivity index (χ0n) is 20.5. The highest BCUT2D eigenvalue weighted by Gasteiger charge is 2.33. The molecular formula is C27H31ClFN7. The molecule has 3 fully saturated rings. The van der Waals surface area contributed by atoms with Crippen LogP contribution >= 0.6 is 11.6 Å². The molecular weight excluding hydrogens is 477 g/mol. The SMILES string of the molecule is C[C@@H]1CN(c2ncccc2Cl)CCN1c1cc(-c2ccc(F)cc2)nc(N2CCN3CCC[C@H]3C2)n1. The van der Waals surface area contributed by atoms with Gasteiger partial charge < -0.3 is 14.7 Å². The molecule has 6 rings (SSSR count). The van der Waals surface area contributed by atoms with E-state index < -0.39 is 0 Å². The average molecular weight is 508 g/mol. The van der Waals surface area contributed by atoms with Gasteiger partial charge in [-0.05, 0) is 62.7 Å². The van der Waals surface area contributed by atoms with Gasteiger partial charge in [0.05, 0.1) is 10.7 Å². The van der Waals surface area contributed by atoms with E-state index in [1.807, 2.05) is 18.2 Å². The summed E-state index contributed by atoms with van der Waals surface area (Å²) in [5.74, 6) is 2.26. The summed E-state index contributed by atoms with van der Waals surface area (Å²) in [6, 6.07) is 13.1. The molecule has 1 aromatic carbocycles. The molecule has 0 radical (unpaired) electrons. The highest BCUT2D eigenvalue weighted by molar-refractivity contribution is 6.32. The molecule has 3 saturated heterocycles. The minimum atomic E-state index is -0.247. The molecule has 3 aliphatic rings. The molecule has 188 valence electrons. The lowest BCUT2D eigenvalue weighted by Crippen LogP contribution is -2.53. The number of hydrogen-bond donors (Lipinski definition) is 0. The predicted octanol–water partition coefficient (Wildman–Crippen LogP) is 4.33. The van der Waals surface area contributed by atoms with Crippen LogP contribution in [-0.2, 0) is 0 Å². The zero-order valence-corrected chi connectivity index (χ0v) is 21.3. The number of anilines is 3. The molecule has 7 nitrogen and oxygen atoms in total. The van der Waals surface area contributed by atoms with E-state index in [0.29, 0.717) is 11.1 Å². The Morgan fingerprint density at radius 3 is 2.58 bits per heavy atom. The lowest BCUT2D eigenvalue weighted by molar-refractivity contribution is 0.229. The van der Waals surface area contributed by atoms with Crippen molar-refractivity contribution in [2.24, 2.45) is 0 Å². The third kappa shape index (κ3) is 4.60. The summed E-state index contributed by atoms with van der Waals surface area (Å²) >= 11 is 6.43. The van der Waals surface area contributed by atoms with Gasteiger partial charge in [-0.3, -0.25) is 4.90 Å². The standard InChI is InChI=1S/C27H31ClFN7/c1-19-17-34(26-23(28)5-2-10-30-26)14-15-36(19)25-16-24(20-6-8-21(29)9-7-20)31-27(32-25)35-13-12-33-11-3-4-22(33)18-35/h2,5-10,16,19,22H,3-4,11-15,17-18H2,1H3/t19-,22+/m1/s1. The van der Waals surface area contributed by atoms with Gasteiger partial charge in [0.25, 0.3) is 0 Å². The van der Waals surface area contributed by atoms with Gasteiger partial charge in [0.15, 0.2) is 0 Å². The lowest BCUT2D eigenvalue weighted by Gasteiger charge is -2.42. The highest BCUT2D eigenvalue weighted by atomic mass is 35.5. The maximum Gasteiger partial charge on any atom is 0.227 e. The summed E-state index contributed by atoms with van der Waals surface area (Å²) in [7, 11) is 0. The van der Waals surface area contributed by atoms with E-state index in [2.05, 4.69) is 31.5 Å². The van der Waals surface area contributed by atoms with Gasteiger partial charge in [-0.25, -0.2) is 14.4 Å². The molecule has 0 aliphatic carbocycles. The summed E-state index contributed by atoms with van der Waals surface area (Å²) in [5, 5.41) is 0.673. The smallest absolute Gasteiger partial charge is 0.227 e. The number of pyridine rings is 1. The zero-order chi connectivity index (χ0) is 24.6. The van der Waals surface area contributed by atoms with Crippen molar-refractivity contribution in [3.05, 3.63) is 59.5 Å². The van der Waals surface area contributed by atoms with Crippen LogP contribution < -0.4 is 14.7 Å². The van der Waals surface area contributed by atoms with Gasteiger partial charge in [-0.15, -0.1) is 0 Å². The fourth-order valence-corrected chi connectivity index (χ4v) is 5.99. The average Bonchev–Trinajstić information content (AvgIpc) is 3.37. The second-order valence-electron chi connectivity index (χ2n) is 9.99. The minimum absolute atomic E-state index is 0.201. The van der Waals surface area contributed by atoms with E-state index in [-0.39, 0.29) is 11.9 Å². The minimum Gasteiger partial charge on any atom is -0.352 e. The molecule has 0 saturated carbocycles. The normalized spacial score (nSPS) is 22.7. The Kier molecular flexibility index (Phi) is 6.39. The first-order valence-corrected chi connectivity index (χ1v) is 13.2. The van der Waals surface area contributed by atoms with Crippen molar-refractivity contribution in [1.82, 2.24) is 19.9 Å². The molecule has 36 heavy (non-hydrogen) atoms. The molecule has 2 aromatic heterocycles. The van der Waals surface area contributed by atoms with E-state index in [4.69, 9.17) is 21.6 Å². The van der Waals surface area contributed by atoms with Gasteiger partial charge in [0.2, 0.25) is 5.95 Å². The largest absolute Gasteiger partial charge is 0.352 e. The van der Waals surface area contributed by atoms with Crippen molar-refractivity contribution >= 4 is 29.2 Å². The summed E-state index contributed by atoms with van der Waals surface area (Å²) in [6.45, 7) is 8.71. The molecule has 3 aromatic rings. The molecule has 0 bridgehead atoms. The van der Waals surface area contributed by atoms with E-state index in [9.17, 15) is 4.39 Å². The van der Waals surface area contributed by atoms with Crippen molar-refractivity contribution in [3.8, 4) is 11.3 Å². The molecule has 0 N–H and O–H groups in total. The van der Waals surface area contributed by atoms with Crippen molar-refractivity contribution in [3.63, 3.8) is 0 Å². The monoisotopic (exact) mass is 507 g/mol. The summed E-state index contributed by atoms with van der Waals surface area (Å²) in [6.07, 6.45) is 4.28. The highest BCUT2D eigenvalue weighted by Crippen LogP contribution is 2.31. The third-order valence-corrected chi connectivity index (χ3v) is 7.97. The van der Waals surface area contributed by atoms with E-state index in [1.165, 1.54) is 31.5 Å². The van der Waals surface area contributed by atoms with E-state index in [0.717, 1.165) is 68.1 Å². The Morgan fingerprint density at radius 2 is 1.78 bits per heavy atom. The van der Waals surface area contributed by atoms with Crippen LogP contribution in [0.15, 0.2) is 48.7 Å². The molecule has 3 aliphatic heterocycles. The molecule has 2 atom stereocenters. The number of benzene rings is 1. The molecule has 0 amide bonds. The van der Waals surface area contributed by atoms with Gasteiger partial charge in [-0.1, -0.05) is 11.6 Å². The Hall–Kier alpha value is -2.97.